The van der Waals surface area contributed by atoms with Crippen LogP contribution in [0.1, 0.15) is 5.56 Å². The van der Waals surface area contributed by atoms with Gasteiger partial charge >= 0.3 is 0 Å². The van der Waals surface area contributed by atoms with E-state index in [-0.39, 0.29) is 5.82 Å². The molecule has 6 aromatic rings. The average Bonchev–Trinajstić information content (AvgIpc) is 3.49. The van der Waals surface area contributed by atoms with E-state index >= 15 is 0 Å². The lowest BCUT2D eigenvalue weighted by molar-refractivity contribution is 0.306. The molecule has 0 atom stereocenters. The van der Waals surface area contributed by atoms with Crippen LogP contribution in [0.4, 0.5) is 4.39 Å². The number of hydrogen-bond acceptors (Lipinski definition) is 5. The lowest BCUT2D eigenvalue weighted by Gasteiger charge is -2.06. The summed E-state index contributed by atoms with van der Waals surface area (Å²) in [7, 11) is 0. The third kappa shape index (κ3) is 3.57. The molecule has 0 fully saturated rings. The Morgan fingerprint density at radius 1 is 0.848 bits per heavy atom. The van der Waals surface area contributed by atoms with Crippen LogP contribution in [0.25, 0.3) is 33.8 Å². The summed E-state index contributed by atoms with van der Waals surface area (Å²) in [5.74, 6) is 0.935. The highest BCUT2D eigenvalue weighted by Gasteiger charge is 2.14. The number of aromatic nitrogens is 6. The number of para-hydroxylation sites is 1. The molecule has 0 bridgehead atoms. The molecule has 0 aliphatic heterocycles. The number of hydrogen-bond donors (Lipinski definition) is 0. The monoisotopic (exact) mass is 436 g/mol. The fourth-order valence-corrected chi connectivity index (χ4v) is 3.65. The van der Waals surface area contributed by atoms with E-state index in [1.54, 1.807) is 33.9 Å². The molecule has 8 heteroatoms. The number of fused-ring (bicyclic) bond motifs is 3. The van der Waals surface area contributed by atoms with E-state index in [1.807, 2.05) is 54.6 Å². The molecule has 0 aliphatic rings. The first-order valence-electron chi connectivity index (χ1n) is 10.4. The summed E-state index contributed by atoms with van der Waals surface area (Å²) in [6.07, 6.45) is 3.42. The Hall–Kier alpha value is -4.59. The summed E-state index contributed by atoms with van der Waals surface area (Å²) >= 11 is 0. The lowest BCUT2D eigenvalue weighted by atomic mass is 10.1. The van der Waals surface area contributed by atoms with Gasteiger partial charge in [0.05, 0.1) is 17.3 Å². The smallest absolute Gasteiger partial charge is 0.182 e. The van der Waals surface area contributed by atoms with Crippen molar-refractivity contribution in [3.63, 3.8) is 0 Å². The number of benzene rings is 3. The second kappa shape index (κ2) is 7.83. The molecule has 0 aliphatic carbocycles. The Morgan fingerprint density at radius 2 is 1.64 bits per heavy atom. The van der Waals surface area contributed by atoms with Gasteiger partial charge in [0, 0.05) is 5.56 Å². The van der Waals surface area contributed by atoms with Gasteiger partial charge in [-0.1, -0.05) is 42.5 Å². The molecule has 3 aromatic carbocycles. The highest BCUT2D eigenvalue weighted by atomic mass is 19.1. The summed E-state index contributed by atoms with van der Waals surface area (Å²) in [5, 5.41) is 9.91. The SMILES string of the molecule is Fc1ccc(OCc2ccc(-c3nc4c5cnn(-c6ccccc6)c5ncn4n3)cc2)cc1. The van der Waals surface area contributed by atoms with Gasteiger partial charge in [-0.15, -0.1) is 5.10 Å². The number of nitrogens with zero attached hydrogens (tertiary/aromatic N) is 6. The van der Waals surface area contributed by atoms with Crippen molar-refractivity contribution in [2.24, 2.45) is 0 Å². The van der Waals surface area contributed by atoms with E-state index in [1.165, 1.54) is 12.1 Å². The van der Waals surface area contributed by atoms with Crippen molar-refractivity contribution in [2.45, 2.75) is 6.61 Å². The minimum absolute atomic E-state index is 0.286. The van der Waals surface area contributed by atoms with Gasteiger partial charge in [-0.05, 0) is 42.0 Å². The Kier molecular flexibility index (Phi) is 4.54. The van der Waals surface area contributed by atoms with Crippen molar-refractivity contribution in [1.29, 1.82) is 0 Å². The highest BCUT2D eigenvalue weighted by molar-refractivity contribution is 5.89. The number of ether oxygens (including phenoxy) is 1. The second-order valence-corrected chi connectivity index (χ2v) is 7.52. The zero-order valence-electron chi connectivity index (χ0n) is 17.3. The molecule has 3 aromatic heterocycles. The summed E-state index contributed by atoms with van der Waals surface area (Å²) in [6.45, 7) is 0.383. The summed E-state index contributed by atoms with van der Waals surface area (Å²) < 4.78 is 22.2. The van der Waals surface area contributed by atoms with E-state index in [4.69, 9.17) is 9.72 Å². The summed E-state index contributed by atoms with van der Waals surface area (Å²) in [5.41, 5.74) is 4.22. The van der Waals surface area contributed by atoms with Crippen LogP contribution in [0, 0.1) is 5.82 Å². The van der Waals surface area contributed by atoms with Crippen LogP contribution in [0.5, 0.6) is 5.75 Å². The first-order chi connectivity index (χ1) is 16.2. The van der Waals surface area contributed by atoms with E-state index in [0.29, 0.717) is 23.8 Å². The van der Waals surface area contributed by atoms with Gasteiger partial charge in [0.1, 0.15) is 24.5 Å². The fourth-order valence-electron chi connectivity index (χ4n) is 3.65. The maximum Gasteiger partial charge on any atom is 0.182 e. The van der Waals surface area contributed by atoms with E-state index in [2.05, 4.69) is 15.2 Å². The van der Waals surface area contributed by atoms with E-state index in [9.17, 15) is 4.39 Å². The predicted molar refractivity (Wildman–Crippen MR) is 122 cm³/mol. The normalized spacial score (nSPS) is 11.3. The van der Waals surface area contributed by atoms with Crippen LogP contribution in [0.15, 0.2) is 91.4 Å². The quantitative estimate of drug-likeness (QED) is 0.386. The molecule has 3 heterocycles. The average molecular weight is 436 g/mol. The van der Waals surface area contributed by atoms with E-state index in [0.717, 1.165) is 27.8 Å². The first kappa shape index (κ1) is 19.1. The van der Waals surface area contributed by atoms with Gasteiger partial charge in [-0.25, -0.2) is 23.6 Å². The minimum atomic E-state index is -0.286. The third-order valence-electron chi connectivity index (χ3n) is 5.34. The van der Waals surface area contributed by atoms with Crippen molar-refractivity contribution in [1.82, 2.24) is 29.4 Å². The topological polar surface area (TPSA) is 70.1 Å². The van der Waals surface area contributed by atoms with Crippen molar-refractivity contribution >= 4 is 16.7 Å². The van der Waals surface area contributed by atoms with Crippen LogP contribution < -0.4 is 4.74 Å². The molecule has 6 rings (SSSR count). The number of rotatable bonds is 5. The summed E-state index contributed by atoms with van der Waals surface area (Å²) in [4.78, 5) is 9.29. The van der Waals surface area contributed by atoms with Crippen molar-refractivity contribution in [3.8, 4) is 22.8 Å². The molecule has 0 saturated carbocycles. The highest BCUT2D eigenvalue weighted by Crippen LogP contribution is 2.23. The van der Waals surface area contributed by atoms with Gasteiger partial charge in [-0.2, -0.15) is 5.10 Å². The first-order valence-corrected chi connectivity index (χ1v) is 10.4. The molecule has 0 amide bonds. The fraction of sp³-hybridized carbons (Fsp3) is 0.0400. The van der Waals surface area contributed by atoms with E-state index < -0.39 is 0 Å². The van der Waals surface area contributed by atoms with Crippen molar-refractivity contribution < 1.29 is 9.13 Å². The van der Waals surface area contributed by atoms with Crippen LogP contribution >= 0.6 is 0 Å². The third-order valence-corrected chi connectivity index (χ3v) is 5.34. The zero-order chi connectivity index (χ0) is 22.2. The predicted octanol–water partition coefficient (Wildman–Crippen LogP) is 4.85. The molecule has 33 heavy (non-hydrogen) atoms. The zero-order valence-corrected chi connectivity index (χ0v) is 17.3. The van der Waals surface area contributed by atoms with Crippen LogP contribution in [-0.4, -0.2) is 29.4 Å². The van der Waals surface area contributed by atoms with Gasteiger partial charge in [0.2, 0.25) is 0 Å². The van der Waals surface area contributed by atoms with Gasteiger partial charge < -0.3 is 4.74 Å². The Labute approximate surface area is 187 Å². The Morgan fingerprint density at radius 3 is 2.42 bits per heavy atom. The van der Waals surface area contributed by atoms with Gasteiger partial charge in [-0.3, -0.25) is 0 Å². The van der Waals surface area contributed by atoms with Gasteiger partial charge in [0.15, 0.2) is 17.1 Å². The molecule has 0 unspecified atom stereocenters. The maximum atomic E-state index is 13.0. The number of halogens is 1. The Balaban J connectivity index is 1.27. The van der Waals surface area contributed by atoms with Crippen LogP contribution in [0.3, 0.4) is 0 Å². The lowest BCUT2D eigenvalue weighted by Crippen LogP contribution is -1.98. The minimum Gasteiger partial charge on any atom is -0.489 e. The molecule has 7 nitrogen and oxygen atoms in total. The molecule has 0 spiro atoms. The second-order valence-electron chi connectivity index (χ2n) is 7.52. The molecule has 0 radical (unpaired) electrons. The standard InChI is InChI=1S/C25H17FN6O/c26-19-10-12-21(13-11-19)33-15-17-6-8-18(9-7-17)23-29-25-22-14-28-32(20-4-2-1-3-5-20)24(22)27-16-31(25)30-23/h1-14,16H,15H2. The molecular formula is C25H17FN6O. The summed E-state index contributed by atoms with van der Waals surface area (Å²) in [6, 6.07) is 23.7. The van der Waals surface area contributed by atoms with Gasteiger partial charge in [0.25, 0.3) is 0 Å². The molecule has 0 N–H and O–H groups in total. The maximum absolute atomic E-state index is 13.0. The molecule has 160 valence electrons. The Bertz CT molecular complexity index is 1560. The van der Waals surface area contributed by atoms with Crippen molar-refractivity contribution in [2.75, 3.05) is 0 Å². The van der Waals surface area contributed by atoms with Crippen molar-refractivity contribution in [3.05, 3.63) is 103 Å². The van der Waals surface area contributed by atoms with Crippen LogP contribution in [-0.2, 0) is 6.61 Å². The van der Waals surface area contributed by atoms with Crippen LogP contribution in [0.2, 0.25) is 0 Å². The largest absolute Gasteiger partial charge is 0.489 e. The molecule has 0 saturated heterocycles. The molecular weight excluding hydrogens is 419 g/mol.